The van der Waals surface area contributed by atoms with Crippen molar-refractivity contribution >= 4 is 22.9 Å². The SMILES string of the molecule is Cc1cc(NCC2(C)CCCCC2)c(C(N)=S)c(C)n1. The van der Waals surface area contributed by atoms with Crippen LogP contribution in [0.15, 0.2) is 6.07 Å². The zero-order valence-electron chi connectivity index (χ0n) is 12.8. The number of nitrogens with two attached hydrogens (primary N) is 1. The zero-order chi connectivity index (χ0) is 14.8. The minimum Gasteiger partial charge on any atom is -0.389 e. The predicted molar refractivity (Wildman–Crippen MR) is 89.3 cm³/mol. The Hall–Kier alpha value is -1.16. The summed E-state index contributed by atoms with van der Waals surface area (Å²) in [6, 6.07) is 2.05. The number of aryl methyl sites for hydroxylation is 2. The lowest BCUT2D eigenvalue weighted by atomic mass is 9.75. The Balaban J connectivity index is 2.18. The molecule has 0 atom stereocenters. The van der Waals surface area contributed by atoms with Crippen molar-refractivity contribution in [2.45, 2.75) is 52.9 Å². The van der Waals surface area contributed by atoms with Crippen LogP contribution in [0, 0.1) is 19.3 Å². The molecule has 0 aliphatic heterocycles. The molecule has 0 bridgehead atoms. The summed E-state index contributed by atoms with van der Waals surface area (Å²) in [6.07, 6.45) is 6.65. The maximum atomic E-state index is 5.86. The van der Waals surface area contributed by atoms with Crippen molar-refractivity contribution < 1.29 is 0 Å². The third-order valence-corrected chi connectivity index (χ3v) is 4.55. The number of thiocarbonyl (C=S) groups is 1. The summed E-state index contributed by atoms with van der Waals surface area (Å²) >= 11 is 5.18. The zero-order valence-corrected chi connectivity index (χ0v) is 13.6. The topological polar surface area (TPSA) is 50.9 Å². The molecule has 1 aliphatic carbocycles. The number of hydrogen-bond donors (Lipinski definition) is 2. The predicted octanol–water partition coefficient (Wildman–Crippen LogP) is 3.71. The Morgan fingerprint density at radius 1 is 1.35 bits per heavy atom. The van der Waals surface area contributed by atoms with Crippen LogP contribution in [-0.2, 0) is 0 Å². The van der Waals surface area contributed by atoms with Gasteiger partial charge in [-0.3, -0.25) is 4.98 Å². The average molecular weight is 291 g/mol. The first kappa shape index (κ1) is 15.2. The lowest BCUT2D eigenvalue weighted by molar-refractivity contribution is 0.233. The molecule has 0 radical (unpaired) electrons. The van der Waals surface area contributed by atoms with Gasteiger partial charge in [-0.2, -0.15) is 0 Å². The van der Waals surface area contributed by atoms with Gasteiger partial charge in [-0.1, -0.05) is 38.4 Å². The maximum absolute atomic E-state index is 5.86. The van der Waals surface area contributed by atoms with Crippen LogP contribution in [0.4, 0.5) is 5.69 Å². The molecule has 0 unspecified atom stereocenters. The number of nitrogens with one attached hydrogen (secondary N) is 1. The molecule has 0 aromatic carbocycles. The molecule has 1 aliphatic rings. The van der Waals surface area contributed by atoms with Crippen molar-refractivity contribution in [3.63, 3.8) is 0 Å². The van der Waals surface area contributed by atoms with Gasteiger partial charge in [0, 0.05) is 23.6 Å². The Morgan fingerprint density at radius 3 is 2.60 bits per heavy atom. The largest absolute Gasteiger partial charge is 0.389 e. The van der Waals surface area contributed by atoms with Gasteiger partial charge in [0.15, 0.2) is 0 Å². The summed E-state index contributed by atoms with van der Waals surface area (Å²) in [5.74, 6) is 0. The highest BCUT2D eigenvalue weighted by Crippen LogP contribution is 2.36. The van der Waals surface area contributed by atoms with Crippen molar-refractivity contribution in [2.24, 2.45) is 11.1 Å². The molecule has 3 N–H and O–H groups in total. The fourth-order valence-electron chi connectivity index (χ4n) is 3.17. The highest BCUT2D eigenvalue weighted by Gasteiger charge is 2.26. The Morgan fingerprint density at radius 2 is 2.00 bits per heavy atom. The summed E-state index contributed by atoms with van der Waals surface area (Å²) in [5, 5.41) is 3.58. The molecular formula is C16H25N3S. The molecule has 1 heterocycles. The van der Waals surface area contributed by atoms with Crippen LogP contribution in [0.3, 0.4) is 0 Å². The highest BCUT2D eigenvalue weighted by molar-refractivity contribution is 7.80. The minimum atomic E-state index is 0.386. The molecule has 0 spiro atoms. The van der Waals surface area contributed by atoms with E-state index in [1.54, 1.807) is 0 Å². The van der Waals surface area contributed by atoms with Gasteiger partial charge in [-0.25, -0.2) is 0 Å². The molecule has 1 aromatic heterocycles. The number of anilines is 1. The van der Waals surface area contributed by atoms with Gasteiger partial charge >= 0.3 is 0 Å². The van der Waals surface area contributed by atoms with Gasteiger partial charge in [0.1, 0.15) is 4.99 Å². The van der Waals surface area contributed by atoms with Gasteiger partial charge in [0.25, 0.3) is 0 Å². The second-order valence-electron chi connectivity index (χ2n) is 6.36. The van der Waals surface area contributed by atoms with E-state index in [1.807, 2.05) is 19.9 Å². The van der Waals surface area contributed by atoms with Crippen molar-refractivity contribution in [2.75, 3.05) is 11.9 Å². The van der Waals surface area contributed by atoms with E-state index in [2.05, 4.69) is 17.2 Å². The van der Waals surface area contributed by atoms with E-state index < -0.39 is 0 Å². The molecule has 0 saturated heterocycles. The summed E-state index contributed by atoms with van der Waals surface area (Å²) in [5.41, 5.74) is 10.1. The van der Waals surface area contributed by atoms with E-state index in [4.69, 9.17) is 18.0 Å². The van der Waals surface area contributed by atoms with E-state index in [-0.39, 0.29) is 0 Å². The molecule has 20 heavy (non-hydrogen) atoms. The third kappa shape index (κ3) is 3.48. The van der Waals surface area contributed by atoms with E-state index in [9.17, 15) is 0 Å². The first-order chi connectivity index (χ1) is 9.41. The second-order valence-corrected chi connectivity index (χ2v) is 6.80. The van der Waals surface area contributed by atoms with E-state index >= 15 is 0 Å². The summed E-state index contributed by atoms with van der Waals surface area (Å²) in [4.78, 5) is 4.88. The average Bonchev–Trinajstić information content (AvgIpc) is 2.36. The Labute approximate surface area is 127 Å². The van der Waals surface area contributed by atoms with Gasteiger partial charge in [0.2, 0.25) is 0 Å². The molecule has 0 amide bonds. The fraction of sp³-hybridized carbons (Fsp3) is 0.625. The van der Waals surface area contributed by atoms with Crippen LogP contribution in [0.2, 0.25) is 0 Å². The molecule has 1 saturated carbocycles. The quantitative estimate of drug-likeness (QED) is 0.830. The molecule has 1 fully saturated rings. The van der Waals surface area contributed by atoms with Crippen molar-refractivity contribution in [1.29, 1.82) is 0 Å². The molecule has 3 nitrogen and oxygen atoms in total. The number of rotatable bonds is 4. The van der Waals surface area contributed by atoms with Gasteiger partial charge in [-0.05, 0) is 38.2 Å². The number of hydrogen-bond acceptors (Lipinski definition) is 3. The van der Waals surface area contributed by atoms with Crippen LogP contribution >= 0.6 is 12.2 Å². The van der Waals surface area contributed by atoms with Crippen LogP contribution < -0.4 is 11.1 Å². The molecular weight excluding hydrogens is 266 g/mol. The fourth-order valence-corrected chi connectivity index (χ4v) is 3.43. The number of nitrogens with zero attached hydrogens (tertiary/aromatic N) is 1. The lowest BCUT2D eigenvalue weighted by Crippen LogP contribution is -2.30. The first-order valence-electron chi connectivity index (χ1n) is 7.43. The van der Waals surface area contributed by atoms with Crippen molar-refractivity contribution in [3.8, 4) is 0 Å². The summed E-state index contributed by atoms with van der Waals surface area (Å²) in [6.45, 7) is 7.32. The highest BCUT2D eigenvalue weighted by atomic mass is 32.1. The van der Waals surface area contributed by atoms with Crippen LogP contribution in [0.25, 0.3) is 0 Å². The maximum Gasteiger partial charge on any atom is 0.107 e. The smallest absolute Gasteiger partial charge is 0.107 e. The Bertz CT molecular complexity index is 505. The summed E-state index contributed by atoms with van der Waals surface area (Å²) in [7, 11) is 0. The molecule has 2 rings (SSSR count). The standard InChI is InChI=1S/C16H25N3S/c1-11-9-13(14(15(17)20)12(2)19-11)18-10-16(3)7-5-4-6-8-16/h9H,4-8,10H2,1-3H3,(H2,17,20)(H,18,19). The second kappa shape index (κ2) is 6.08. The molecule has 110 valence electrons. The number of pyridine rings is 1. The van der Waals surface area contributed by atoms with Crippen LogP contribution in [0.1, 0.15) is 56.0 Å². The molecule has 1 aromatic rings. The van der Waals surface area contributed by atoms with E-state index in [0.717, 1.165) is 29.2 Å². The van der Waals surface area contributed by atoms with E-state index in [0.29, 0.717) is 10.4 Å². The van der Waals surface area contributed by atoms with Crippen molar-refractivity contribution in [3.05, 3.63) is 23.0 Å². The Kier molecular flexibility index (Phi) is 4.63. The minimum absolute atomic E-state index is 0.386. The van der Waals surface area contributed by atoms with Crippen molar-refractivity contribution in [1.82, 2.24) is 4.98 Å². The molecule has 4 heteroatoms. The van der Waals surface area contributed by atoms with Crippen LogP contribution in [0.5, 0.6) is 0 Å². The first-order valence-corrected chi connectivity index (χ1v) is 7.84. The van der Waals surface area contributed by atoms with Gasteiger partial charge in [-0.15, -0.1) is 0 Å². The lowest BCUT2D eigenvalue weighted by Gasteiger charge is -2.34. The normalized spacial score (nSPS) is 17.8. The van der Waals surface area contributed by atoms with Gasteiger partial charge in [0.05, 0.1) is 5.56 Å². The number of aromatic nitrogens is 1. The van der Waals surface area contributed by atoms with Gasteiger partial charge < -0.3 is 11.1 Å². The summed E-state index contributed by atoms with van der Waals surface area (Å²) < 4.78 is 0. The van der Waals surface area contributed by atoms with E-state index in [1.165, 1.54) is 32.1 Å². The monoisotopic (exact) mass is 291 g/mol. The third-order valence-electron chi connectivity index (χ3n) is 4.34. The van der Waals surface area contributed by atoms with Crippen LogP contribution in [-0.4, -0.2) is 16.5 Å².